The van der Waals surface area contributed by atoms with Crippen molar-refractivity contribution < 1.29 is 9.53 Å². The third-order valence-corrected chi connectivity index (χ3v) is 3.44. The van der Waals surface area contributed by atoms with Gasteiger partial charge in [-0.2, -0.15) is 0 Å². The van der Waals surface area contributed by atoms with Gasteiger partial charge in [-0.05, 0) is 41.9 Å². The summed E-state index contributed by atoms with van der Waals surface area (Å²) in [4.78, 5) is 11.3. The molecule has 0 amide bonds. The number of benzene rings is 1. The minimum atomic E-state index is -0.535. The Morgan fingerprint density at radius 1 is 1.37 bits per heavy atom. The highest BCUT2D eigenvalue weighted by molar-refractivity contribution is 5.75. The maximum Gasteiger partial charge on any atom is 0.322 e. The number of nitrogens with two attached hydrogens (primary N) is 1. The lowest BCUT2D eigenvalue weighted by atomic mass is 9.85. The summed E-state index contributed by atoms with van der Waals surface area (Å²) in [6, 6.07) is 5.98. The molecule has 1 rings (SSSR count). The fraction of sp³-hybridized carbons (Fsp3) is 0.562. The molecule has 0 saturated carbocycles. The van der Waals surface area contributed by atoms with Gasteiger partial charge < -0.3 is 10.5 Å². The Balaban J connectivity index is 2.73. The zero-order valence-corrected chi connectivity index (χ0v) is 12.6. The Kier molecular flexibility index (Phi) is 5.12. The van der Waals surface area contributed by atoms with E-state index in [0.29, 0.717) is 6.42 Å². The molecule has 3 heteroatoms. The number of carbonyl (C=O) groups is 1. The van der Waals surface area contributed by atoms with E-state index < -0.39 is 6.04 Å². The van der Waals surface area contributed by atoms with Crippen LogP contribution in [-0.4, -0.2) is 19.1 Å². The second-order valence-corrected chi connectivity index (χ2v) is 6.06. The first kappa shape index (κ1) is 15.7. The van der Waals surface area contributed by atoms with Crippen molar-refractivity contribution in [1.29, 1.82) is 0 Å². The van der Waals surface area contributed by atoms with Crippen molar-refractivity contribution in [2.75, 3.05) is 7.11 Å². The van der Waals surface area contributed by atoms with E-state index in [0.717, 1.165) is 6.42 Å². The van der Waals surface area contributed by atoms with Crippen LogP contribution >= 0.6 is 0 Å². The summed E-state index contributed by atoms with van der Waals surface area (Å²) in [5.74, 6) is -0.344. The van der Waals surface area contributed by atoms with Gasteiger partial charge in [0.1, 0.15) is 6.04 Å². The molecule has 0 radical (unpaired) electrons. The van der Waals surface area contributed by atoms with E-state index in [9.17, 15) is 4.79 Å². The SMILES string of the molecule is COC(=O)C(N)CCc1ccc(C(C)(C)C)cc1C. The van der Waals surface area contributed by atoms with Gasteiger partial charge in [0.2, 0.25) is 0 Å². The average molecular weight is 263 g/mol. The lowest BCUT2D eigenvalue weighted by Gasteiger charge is -2.21. The molecule has 1 atom stereocenters. The van der Waals surface area contributed by atoms with Gasteiger partial charge in [-0.25, -0.2) is 0 Å². The summed E-state index contributed by atoms with van der Waals surface area (Å²) in [6.07, 6.45) is 1.41. The second-order valence-electron chi connectivity index (χ2n) is 6.06. The van der Waals surface area contributed by atoms with Crippen molar-refractivity contribution in [3.8, 4) is 0 Å². The smallest absolute Gasteiger partial charge is 0.322 e. The summed E-state index contributed by atoms with van der Waals surface area (Å²) in [7, 11) is 1.37. The summed E-state index contributed by atoms with van der Waals surface area (Å²) in [6.45, 7) is 8.71. The van der Waals surface area contributed by atoms with E-state index in [1.54, 1.807) is 0 Å². The van der Waals surface area contributed by atoms with E-state index in [4.69, 9.17) is 5.73 Å². The maximum atomic E-state index is 11.3. The fourth-order valence-electron chi connectivity index (χ4n) is 2.02. The van der Waals surface area contributed by atoms with Gasteiger partial charge in [-0.15, -0.1) is 0 Å². The summed E-state index contributed by atoms with van der Waals surface area (Å²) in [5, 5.41) is 0. The Labute approximate surface area is 116 Å². The highest BCUT2D eigenvalue weighted by atomic mass is 16.5. The number of rotatable bonds is 4. The van der Waals surface area contributed by atoms with Gasteiger partial charge in [0, 0.05) is 0 Å². The van der Waals surface area contributed by atoms with Crippen molar-refractivity contribution >= 4 is 5.97 Å². The number of esters is 1. The quantitative estimate of drug-likeness (QED) is 0.850. The largest absolute Gasteiger partial charge is 0.468 e. The molecular formula is C16H25NO2. The zero-order chi connectivity index (χ0) is 14.6. The summed E-state index contributed by atoms with van der Waals surface area (Å²) < 4.78 is 4.63. The molecule has 0 fully saturated rings. The third-order valence-electron chi connectivity index (χ3n) is 3.44. The molecule has 1 aromatic carbocycles. The molecule has 0 aliphatic carbocycles. The molecule has 106 valence electrons. The van der Waals surface area contributed by atoms with Gasteiger partial charge >= 0.3 is 5.97 Å². The molecule has 0 spiro atoms. The van der Waals surface area contributed by atoms with E-state index in [1.165, 1.54) is 23.8 Å². The molecule has 0 heterocycles. The molecule has 1 unspecified atom stereocenters. The van der Waals surface area contributed by atoms with Gasteiger partial charge in [-0.1, -0.05) is 39.0 Å². The lowest BCUT2D eigenvalue weighted by molar-refractivity contribution is -0.142. The Hall–Kier alpha value is -1.35. The maximum absolute atomic E-state index is 11.3. The molecule has 0 aliphatic rings. The molecule has 3 nitrogen and oxygen atoms in total. The molecule has 0 bridgehead atoms. The number of ether oxygens (including phenoxy) is 1. The Morgan fingerprint density at radius 2 is 2.00 bits per heavy atom. The molecule has 0 aromatic heterocycles. The average Bonchev–Trinajstić information content (AvgIpc) is 2.34. The van der Waals surface area contributed by atoms with Gasteiger partial charge in [0.05, 0.1) is 7.11 Å². The highest BCUT2D eigenvalue weighted by Gasteiger charge is 2.16. The van der Waals surface area contributed by atoms with Crippen LogP contribution in [0.25, 0.3) is 0 Å². The van der Waals surface area contributed by atoms with Crippen molar-refractivity contribution in [1.82, 2.24) is 0 Å². The Bertz CT molecular complexity index is 447. The van der Waals surface area contributed by atoms with E-state index in [1.807, 2.05) is 0 Å². The molecule has 0 saturated heterocycles. The van der Waals surface area contributed by atoms with Crippen LogP contribution in [0.3, 0.4) is 0 Å². The first-order valence-electron chi connectivity index (χ1n) is 6.69. The van der Waals surface area contributed by atoms with Crippen molar-refractivity contribution in [2.45, 2.75) is 52.0 Å². The standard InChI is InChI=1S/C16H25NO2/c1-11-10-13(16(2,3)4)8-6-12(11)7-9-14(17)15(18)19-5/h6,8,10,14H,7,9,17H2,1-5H3. The molecule has 19 heavy (non-hydrogen) atoms. The minimum absolute atomic E-state index is 0.158. The van der Waals surface area contributed by atoms with E-state index in [2.05, 4.69) is 50.6 Å². The predicted octanol–water partition coefficient (Wildman–Crippen LogP) is 2.73. The van der Waals surface area contributed by atoms with Crippen LogP contribution in [0.1, 0.15) is 43.9 Å². The Morgan fingerprint density at radius 3 is 2.47 bits per heavy atom. The molecule has 2 N–H and O–H groups in total. The van der Waals surface area contributed by atoms with Crippen molar-refractivity contribution in [3.63, 3.8) is 0 Å². The monoisotopic (exact) mass is 263 g/mol. The molecule has 0 aliphatic heterocycles. The second kappa shape index (κ2) is 6.20. The van der Waals surface area contributed by atoms with Crippen LogP contribution in [0.4, 0.5) is 0 Å². The summed E-state index contributed by atoms with van der Waals surface area (Å²) in [5.41, 5.74) is 9.73. The lowest BCUT2D eigenvalue weighted by Crippen LogP contribution is -2.32. The minimum Gasteiger partial charge on any atom is -0.468 e. The number of carbonyl (C=O) groups excluding carboxylic acids is 1. The number of hydrogen-bond donors (Lipinski definition) is 1. The summed E-state index contributed by atoms with van der Waals surface area (Å²) >= 11 is 0. The number of hydrogen-bond acceptors (Lipinski definition) is 3. The normalized spacial score (nSPS) is 13.2. The number of aryl methyl sites for hydroxylation is 2. The van der Waals surface area contributed by atoms with Crippen LogP contribution in [-0.2, 0) is 21.4 Å². The van der Waals surface area contributed by atoms with Crippen molar-refractivity contribution in [2.24, 2.45) is 5.73 Å². The van der Waals surface area contributed by atoms with Crippen LogP contribution in [0.15, 0.2) is 18.2 Å². The van der Waals surface area contributed by atoms with E-state index in [-0.39, 0.29) is 11.4 Å². The first-order chi connectivity index (χ1) is 8.75. The van der Waals surface area contributed by atoms with Crippen molar-refractivity contribution in [3.05, 3.63) is 34.9 Å². The van der Waals surface area contributed by atoms with Gasteiger partial charge in [0.15, 0.2) is 0 Å². The van der Waals surface area contributed by atoms with Gasteiger partial charge in [-0.3, -0.25) is 4.79 Å². The molecule has 1 aromatic rings. The van der Waals surface area contributed by atoms with Crippen LogP contribution in [0.5, 0.6) is 0 Å². The van der Waals surface area contributed by atoms with Crippen LogP contribution in [0, 0.1) is 6.92 Å². The topological polar surface area (TPSA) is 52.3 Å². The first-order valence-corrected chi connectivity index (χ1v) is 6.69. The molecular weight excluding hydrogens is 238 g/mol. The highest BCUT2D eigenvalue weighted by Crippen LogP contribution is 2.24. The number of methoxy groups -OCH3 is 1. The van der Waals surface area contributed by atoms with Crippen LogP contribution < -0.4 is 5.73 Å². The fourth-order valence-corrected chi connectivity index (χ4v) is 2.02. The third kappa shape index (κ3) is 4.35. The predicted molar refractivity (Wildman–Crippen MR) is 78.2 cm³/mol. The van der Waals surface area contributed by atoms with Gasteiger partial charge in [0.25, 0.3) is 0 Å². The van der Waals surface area contributed by atoms with E-state index >= 15 is 0 Å². The zero-order valence-electron chi connectivity index (χ0n) is 12.6. The van der Waals surface area contributed by atoms with Crippen LogP contribution in [0.2, 0.25) is 0 Å².